The Morgan fingerprint density at radius 3 is 3.00 bits per heavy atom. The Balaban J connectivity index is 2.56. The summed E-state index contributed by atoms with van der Waals surface area (Å²) in [4.78, 5) is 11.7. The summed E-state index contributed by atoms with van der Waals surface area (Å²) in [5.74, 6) is 0.209. The lowest BCUT2D eigenvalue weighted by molar-refractivity contribution is 0.0736. The molecule has 1 atom stereocenters. The van der Waals surface area contributed by atoms with Gasteiger partial charge in [0.1, 0.15) is 0 Å². The first-order valence-electron chi connectivity index (χ1n) is 4.58. The summed E-state index contributed by atoms with van der Waals surface area (Å²) in [5, 5.41) is 0. The van der Waals surface area contributed by atoms with Gasteiger partial charge < -0.3 is 4.74 Å². The molecule has 74 valence electrons. The number of hydrogen-bond donors (Lipinski definition) is 0. The summed E-state index contributed by atoms with van der Waals surface area (Å²) < 4.78 is 6.22. The first-order chi connectivity index (χ1) is 6.74. The minimum absolute atomic E-state index is 0.0696. The highest BCUT2D eigenvalue weighted by molar-refractivity contribution is 9.10. The Bertz CT molecular complexity index is 374. The third-order valence-electron chi connectivity index (χ3n) is 2.59. The molecule has 1 aromatic carbocycles. The molecular weight excluding hydrogens is 244 g/mol. The van der Waals surface area contributed by atoms with Crippen molar-refractivity contribution in [2.24, 2.45) is 0 Å². The molecule has 0 radical (unpaired) electrons. The largest absolute Gasteiger partial charge is 0.377 e. The van der Waals surface area contributed by atoms with Crippen molar-refractivity contribution in [1.82, 2.24) is 0 Å². The van der Waals surface area contributed by atoms with Crippen LogP contribution in [0.25, 0.3) is 0 Å². The lowest BCUT2D eigenvalue weighted by Gasteiger charge is -2.23. The van der Waals surface area contributed by atoms with E-state index in [2.05, 4.69) is 15.9 Å². The van der Waals surface area contributed by atoms with E-state index >= 15 is 0 Å². The van der Waals surface area contributed by atoms with Crippen LogP contribution in [-0.2, 0) is 4.74 Å². The lowest BCUT2D eigenvalue weighted by atomic mass is 9.88. The molecule has 0 amide bonds. The van der Waals surface area contributed by atoms with E-state index < -0.39 is 0 Å². The molecule has 1 aliphatic rings. The maximum Gasteiger partial charge on any atom is 0.164 e. The van der Waals surface area contributed by atoms with Crippen molar-refractivity contribution in [3.05, 3.63) is 33.8 Å². The van der Waals surface area contributed by atoms with Gasteiger partial charge in [-0.15, -0.1) is 0 Å². The van der Waals surface area contributed by atoms with Gasteiger partial charge in [0.25, 0.3) is 0 Å². The maximum atomic E-state index is 11.7. The van der Waals surface area contributed by atoms with Gasteiger partial charge in [-0.2, -0.15) is 0 Å². The van der Waals surface area contributed by atoms with Gasteiger partial charge in [0.05, 0.1) is 6.10 Å². The topological polar surface area (TPSA) is 26.3 Å². The summed E-state index contributed by atoms with van der Waals surface area (Å²) in [6, 6.07) is 5.80. The Hall–Kier alpha value is -0.670. The smallest absolute Gasteiger partial charge is 0.164 e. The molecule has 0 spiro atoms. The van der Waals surface area contributed by atoms with Gasteiger partial charge in [-0.3, -0.25) is 4.79 Å². The number of Topliss-reactive ketones (excluding diaryl/α,β-unsaturated/α-hetero) is 1. The number of fused-ring (bicyclic) bond motifs is 1. The van der Waals surface area contributed by atoms with Crippen LogP contribution < -0.4 is 0 Å². The molecule has 3 heteroatoms. The van der Waals surface area contributed by atoms with E-state index in [0.717, 1.165) is 22.0 Å². The number of benzene rings is 1. The second-order valence-electron chi connectivity index (χ2n) is 3.39. The first kappa shape index (κ1) is 9.87. The highest BCUT2D eigenvalue weighted by Crippen LogP contribution is 2.35. The molecule has 0 aromatic heterocycles. The molecule has 1 aliphatic carbocycles. The van der Waals surface area contributed by atoms with E-state index in [4.69, 9.17) is 4.74 Å². The number of halogens is 1. The summed E-state index contributed by atoms with van der Waals surface area (Å²) in [5.41, 5.74) is 1.81. The summed E-state index contributed by atoms with van der Waals surface area (Å²) in [6.07, 6.45) is 1.44. The predicted octanol–water partition coefficient (Wildman–Crippen LogP) is 3.11. The Labute approximate surface area is 91.4 Å². The predicted molar refractivity (Wildman–Crippen MR) is 57.5 cm³/mol. The molecule has 0 fully saturated rings. The van der Waals surface area contributed by atoms with Crippen LogP contribution in [0.2, 0.25) is 0 Å². The number of ether oxygens (including phenoxy) is 1. The highest BCUT2D eigenvalue weighted by Gasteiger charge is 2.26. The molecule has 0 saturated carbocycles. The van der Waals surface area contributed by atoms with Gasteiger partial charge in [0.2, 0.25) is 0 Å². The molecule has 0 bridgehead atoms. The monoisotopic (exact) mass is 254 g/mol. The number of carbonyl (C=O) groups is 1. The third-order valence-corrected chi connectivity index (χ3v) is 3.25. The molecule has 2 nitrogen and oxygen atoms in total. The number of hydrogen-bond acceptors (Lipinski definition) is 2. The zero-order valence-electron chi connectivity index (χ0n) is 7.92. The SMILES string of the molecule is COC1CCC(=O)c2c(Br)cccc21. The van der Waals surface area contributed by atoms with E-state index in [1.807, 2.05) is 18.2 Å². The van der Waals surface area contributed by atoms with Gasteiger partial charge in [0.15, 0.2) is 5.78 Å². The van der Waals surface area contributed by atoms with Crippen molar-refractivity contribution in [2.75, 3.05) is 7.11 Å². The molecule has 0 N–H and O–H groups in total. The highest BCUT2D eigenvalue weighted by atomic mass is 79.9. The van der Waals surface area contributed by atoms with E-state index in [1.54, 1.807) is 7.11 Å². The van der Waals surface area contributed by atoms with Crippen LogP contribution in [0.3, 0.4) is 0 Å². The van der Waals surface area contributed by atoms with Gasteiger partial charge in [-0.25, -0.2) is 0 Å². The fourth-order valence-corrected chi connectivity index (χ4v) is 2.49. The number of rotatable bonds is 1. The average Bonchev–Trinajstić information content (AvgIpc) is 2.18. The van der Waals surface area contributed by atoms with Crippen molar-refractivity contribution >= 4 is 21.7 Å². The molecule has 0 saturated heterocycles. The number of ketones is 1. The molecule has 0 aliphatic heterocycles. The van der Waals surface area contributed by atoms with Crippen LogP contribution in [0, 0.1) is 0 Å². The van der Waals surface area contributed by atoms with Crippen LogP contribution in [0.4, 0.5) is 0 Å². The molecule has 1 unspecified atom stereocenters. The van der Waals surface area contributed by atoms with Crippen LogP contribution in [0.15, 0.2) is 22.7 Å². The molecule has 0 heterocycles. The van der Waals surface area contributed by atoms with Crippen LogP contribution in [-0.4, -0.2) is 12.9 Å². The zero-order chi connectivity index (χ0) is 10.1. The fraction of sp³-hybridized carbons (Fsp3) is 0.364. The van der Waals surface area contributed by atoms with Crippen molar-refractivity contribution < 1.29 is 9.53 Å². The van der Waals surface area contributed by atoms with E-state index in [-0.39, 0.29) is 11.9 Å². The van der Waals surface area contributed by atoms with E-state index in [1.165, 1.54) is 0 Å². The molecule has 14 heavy (non-hydrogen) atoms. The second kappa shape index (κ2) is 3.83. The van der Waals surface area contributed by atoms with Crippen molar-refractivity contribution in [2.45, 2.75) is 18.9 Å². The third kappa shape index (κ3) is 1.51. The van der Waals surface area contributed by atoms with Gasteiger partial charge in [-0.05, 0) is 18.1 Å². The van der Waals surface area contributed by atoms with Gasteiger partial charge >= 0.3 is 0 Å². The number of methoxy groups -OCH3 is 1. The Morgan fingerprint density at radius 1 is 1.50 bits per heavy atom. The standard InChI is InChI=1S/C11H11BrO2/c1-14-10-6-5-9(13)11-7(10)3-2-4-8(11)12/h2-4,10H,5-6H2,1H3. The number of carbonyl (C=O) groups excluding carboxylic acids is 1. The first-order valence-corrected chi connectivity index (χ1v) is 5.37. The summed E-state index contributed by atoms with van der Waals surface area (Å²) in [6.45, 7) is 0. The zero-order valence-corrected chi connectivity index (χ0v) is 9.50. The Kier molecular flexibility index (Phi) is 2.70. The van der Waals surface area contributed by atoms with Gasteiger partial charge in [0, 0.05) is 23.6 Å². The van der Waals surface area contributed by atoms with Crippen LogP contribution in [0.5, 0.6) is 0 Å². The minimum Gasteiger partial charge on any atom is -0.377 e. The van der Waals surface area contributed by atoms with Crippen molar-refractivity contribution in [3.8, 4) is 0 Å². The van der Waals surface area contributed by atoms with Crippen LogP contribution in [0.1, 0.15) is 34.9 Å². The quantitative estimate of drug-likeness (QED) is 0.770. The maximum absolute atomic E-state index is 11.7. The molecule has 2 rings (SSSR count). The fourth-order valence-electron chi connectivity index (χ4n) is 1.89. The van der Waals surface area contributed by atoms with Crippen molar-refractivity contribution in [1.29, 1.82) is 0 Å². The van der Waals surface area contributed by atoms with Crippen molar-refractivity contribution in [3.63, 3.8) is 0 Å². The summed E-state index contributed by atoms with van der Waals surface area (Å²) in [7, 11) is 1.69. The normalized spacial score (nSPS) is 20.7. The van der Waals surface area contributed by atoms with Crippen LogP contribution >= 0.6 is 15.9 Å². The van der Waals surface area contributed by atoms with Gasteiger partial charge in [-0.1, -0.05) is 28.1 Å². The average molecular weight is 255 g/mol. The Morgan fingerprint density at radius 2 is 2.29 bits per heavy atom. The molecule has 1 aromatic rings. The minimum atomic E-state index is 0.0696. The second-order valence-corrected chi connectivity index (χ2v) is 4.24. The molecular formula is C11H11BrO2. The van der Waals surface area contributed by atoms with E-state index in [0.29, 0.717) is 6.42 Å². The van der Waals surface area contributed by atoms with E-state index in [9.17, 15) is 4.79 Å². The summed E-state index contributed by atoms with van der Waals surface area (Å²) >= 11 is 3.40. The lowest BCUT2D eigenvalue weighted by Crippen LogP contribution is -2.17.